The fraction of sp³-hybridized carbons (Fsp3) is 0.365. The molecule has 0 amide bonds. The van der Waals surface area contributed by atoms with E-state index < -0.39 is 36.3 Å². The SMILES string of the molecule is C.C.CC(C1CC1)C(O)(Cn1cncn1)c1ccc(Cl)cc1.CC1COC(Cn2cncn2)(c2ccc(Oc3ccc(Cl)cc3)cc2Cl)O1.CCCC1COC(Cn2cncn2)(c2ccc(Cl)cc2Cl)O1.CCCCC(C#N)(Cn1cncn1)c1ccc(Cl)cc1.CCCCC(O)(Cn1cncn1)c1ccc(Cl)cc1Cl.C[Si](Cn1cncn1)(c1ccc(F)cc1)c1ccc(F)cc1. The first-order chi connectivity index (χ1) is 63.1. The molecule has 8 atom stereocenters. The Balaban J connectivity index is 0.000000165. The molecule has 3 fully saturated rings. The lowest BCUT2D eigenvalue weighted by Crippen LogP contribution is -2.59. The van der Waals surface area contributed by atoms with Gasteiger partial charge in [0, 0.05) is 53.0 Å². The maximum atomic E-state index is 13.2. The quantitative estimate of drug-likeness (QED) is 0.0382. The molecule has 3 aliphatic rings. The van der Waals surface area contributed by atoms with Crippen molar-refractivity contribution in [1.82, 2.24) is 88.6 Å². The Morgan fingerprint density at radius 2 is 0.910 bits per heavy atom. The molecule has 704 valence electrons. The molecule has 1 aliphatic carbocycles. The van der Waals surface area contributed by atoms with E-state index >= 15 is 0 Å². The first-order valence-corrected chi connectivity index (χ1v) is 48.4. The lowest BCUT2D eigenvalue weighted by atomic mass is 9.77. The minimum atomic E-state index is -2.22. The summed E-state index contributed by atoms with van der Waals surface area (Å²) in [6.45, 7) is 15.5. The van der Waals surface area contributed by atoms with Crippen LogP contribution in [0.1, 0.15) is 141 Å². The Kier molecular flexibility index (Phi) is 39.1. The van der Waals surface area contributed by atoms with E-state index in [1.165, 1.54) is 75.1 Å². The van der Waals surface area contributed by atoms with E-state index in [2.05, 4.69) is 101 Å². The number of aromatic nitrogens is 18. The molecule has 0 spiro atoms. The van der Waals surface area contributed by atoms with Crippen LogP contribution in [0.25, 0.3) is 0 Å². The number of hydrogen-bond donors (Lipinski definition) is 2. The van der Waals surface area contributed by atoms with Gasteiger partial charge in [0.05, 0.1) is 61.2 Å². The molecule has 8 heterocycles. The number of nitriles is 1. The molecule has 17 rings (SSSR count). The number of ether oxygens (including phenoxy) is 5. The zero-order chi connectivity index (χ0) is 93.2. The molecule has 1 saturated carbocycles. The summed E-state index contributed by atoms with van der Waals surface area (Å²) in [4.78, 5) is 23.7. The Bertz CT molecular complexity index is 5790. The lowest BCUT2D eigenvalue weighted by molar-refractivity contribution is -0.189. The Hall–Kier alpha value is -9.95. The summed E-state index contributed by atoms with van der Waals surface area (Å²) >= 11 is 48.9. The lowest BCUT2D eigenvalue weighted by Gasteiger charge is -2.35. The third kappa shape index (κ3) is 28.6. The summed E-state index contributed by atoms with van der Waals surface area (Å²) < 4.78 is 66.9. The normalized spacial score (nSPS) is 17.6. The summed E-state index contributed by atoms with van der Waals surface area (Å²) in [7, 11) is -2.22. The molecule has 133 heavy (non-hydrogen) atoms. The van der Waals surface area contributed by atoms with Crippen LogP contribution in [0.4, 0.5) is 8.78 Å². The van der Waals surface area contributed by atoms with Crippen molar-refractivity contribution in [2.75, 3.05) is 13.2 Å². The molecule has 6 aromatic heterocycles. The molecule has 8 aromatic carbocycles. The highest BCUT2D eigenvalue weighted by molar-refractivity contribution is 7.00. The average molecular weight is 1990 g/mol. The second kappa shape index (κ2) is 49.5. The van der Waals surface area contributed by atoms with Gasteiger partial charge in [-0.3, -0.25) is 9.36 Å². The van der Waals surface area contributed by atoms with Crippen LogP contribution < -0.4 is 15.1 Å². The first-order valence-electron chi connectivity index (χ1n) is 42.7. The number of hydrogen-bond acceptors (Lipinski definition) is 20. The van der Waals surface area contributed by atoms with Crippen molar-refractivity contribution in [3.05, 3.63) is 331 Å². The Labute approximate surface area is 815 Å². The van der Waals surface area contributed by atoms with Crippen LogP contribution in [-0.2, 0) is 86.0 Å². The number of benzene rings is 8. The number of rotatable bonds is 31. The summed E-state index contributed by atoms with van der Waals surface area (Å²) in [6, 6.07) is 53.6. The molecule has 0 radical (unpaired) electrons. The molecule has 14 aromatic rings. The van der Waals surface area contributed by atoms with Gasteiger partial charge in [-0.15, -0.1) is 0 Å². The van der Waals surface area contributed by atoms with Crippen molar-refractivity contribution in [2.45, 2.75) is 200 Å². The van der Waals surface area contributed by atoms with Gasteiger partial charge in [-0.05, 0) is 177 Å². The van der Waals surface area contributed by atoms with Crippen molar-refractivity contribution in [2.24, 2.45) is 11.8 Å². The van der Waals surface area contributed by atoms with E-state index in [0.717, 1.165) is 72.0 Å². The van der Waals surface area contributed by atoms with Gasteiger partial charge in [0.2, 0.25) is 11.6 Å². The summed E-state index contributed by atoms with van der Waals surface area (Å²) in [5, 5.41) is 63.6. The second-order valence-electron chi connectivity index (χ2n) is 32.4. The maximum Gasteiger partial charge on any atom is 0.217 e. The largest absolute Gasteiger partial charge is 0.457 e. The third-order valence-electron chi connectivity index (χ3n) is 22.8. The van der Waals surface area contributed by atoms with E-state index in [1.807, 2.05) is 97.9 Å². The van der Waals surface area contributed by atoms with Crippen molar-refractivity contribution < 1.29 is 42.7 Å². The summed E-state index contributed by atoms with van der Waals surface area (Å²) in [6.07, 6.45) is 28.9. The molecule has 0 bridgehead atoms. The molecule has 2 saturated heterocycles. The van der Waals surface area contributed by atoms with Gasteiger partial charge in [-0.2, -0.15) is 35.9 Å². The second-order valence-corrected chi connectivity index (χ2v) is 40.0. The van der Waals surface area contributed by atoms with E-state index in [0.29, 0.717) is 127 Å². The van der Waals surface area contributed by atoms with Gasteiger partial charge in [0.25, 0.3) is 0 Å². The fourth-order valence-corrected chi connectivity index (χ4v) is 20.7. The average Bonchev–Trinajstić information content (AvgIpc) is 1.56. The van der Waals surface area contributed by atoms with Crippen molar-refractivity contribution in [3.63, 3.8) is 0 Å². The third-order valence-corrected chi connectivity index (χ3v) is 29.1. The van der Waals surface area contributed by atoms with Crippen molar-refractivity contribution in [1.29, 1.82) is 5.26 Å². The van der Waals surface area contributed by atoms with Crippen LogP contribution in [0.3, 0.4) is 0 Å². The minimum absolute atomic E-state index is 0. The number of aliphatic hydroxyl groups is 2. The summed E-state index contributed by atoms with van der Waals surface area (Å²) in [5.74, 6) is -0.486. The molecule has 2 N–H and O–H groups in total. The monoisotopic (exact) mass is 1990 g/mol. The summed E-state index contributed by atoms with van der Waals surface area (Å²) in [5.41, 5.74) is 1.40. The van der Waals surface area contributed by atoms with Crippen LogP contribution >= 0.6 is 92.8 Å². The van der Waals surface area contributed by atoms with Gasteiger partial charge in [0.1, 0.15) is 137 Å². The zero-order valence-electron chi connectivity index (χ0n) is 72.9. The first kappa shape index (κ1) is 105. The molecule has 8 unspecified atom stereocenters. The van der Waals surface area contributed by atoms with Crippen LogP contribution in [0.2, 0.25) is 46.7 Å². The fourth-order valence-electron chi connectivity index (χ4n) is 15.6. The minimum Gasteiger partial charge on any atom is -0.457 e. The molecule has 26 nitrogen and oxygen atoms in total. The van der Waals surface area contributed by atoms with Crippen LogP contribution in [0.15, 0.2) is 252 Å². The standard InChI is InChI=1S/C19H17Cl2N3O3.C16H15F2N3Si.C15H17Cl2N3O2.C15H17ClN4.C15H18ClN3O.C14H17Cl2N3O.2CH4/c1-13-9-25-19(27-13,10-24-12-22-11-23-24)17-7-6-16(8-18(17)21)26-15-4-2-14(20)3-5-15;1-22(12-21-11-19-10-20-21,15-6-2-13(17)3-7-15)16-8-4-14(18)5-9-16;1-2-3-12-7-21-15(22-12,8-20-10-18-9-19-20)13-5-4-11(16)6-14(13)17;1-2-3-8-15(9-17,10-20-12-18-11-19-20)13-4-6-14(16)7-5-13;1-11(12-2-3-12)15(20,8-19-10-17-9-18-19)13-4-6-14(16)7-5-13;1-2-3-6-14(20,8-19-10-17-9-18-19)12-5-4-11(15)7-13(12)16;;/h2-8,11-13H,9-10H2,1H3;2-11H,12H2,1H3;4-6,9-10,12H,2-3,7-8H2,1H3;4-7,11-12H,2-3,8,10H2,1H3;4-7,9-12,20H,2-3,8H2,1H3;4-5,7,9-10,20H,2-3,6,8H2,1H3;2*1H4. The van der Waals surface area contributed by atoms with Crippen LogP contribution in [-0.4, -0.2) is 132 Å². The van der Waals surface area contributed by atoms with E-state index in [4.69, 9.17) is 116 Å². The predicted octanol–water partition coefficient (Wildman–Crippen LogP) is 21.7. The zero-order valence-corrected chi connectivity index (χ0v) is 80.0. The van der Waals surface area contributed by atoms with Gasteiger partial charge < -0.3 is 33.9 Å². The number of unbranched alkanes of at least 4 members (excludes halogenated alkanes) is 2. The van der Waals surface area contributed by atoms with E-state index in [-0.39, 0.29) is 44.6 Å². The molecular formula is C96H109Cl8F2N19O7Si. The molecular weight excluding hydrogens is 1880 g/mol. The smallest absolute Gasteiger partial charge is 0.217 e. The van der Waals surface area contributed by atoms with Crippen molar-refractivity contribution in [3.8, 4) is 17.6 Å². The van der Waals surface area contributed by atoms with Crippen LogP contribution in [0, 0.1) is 34.8 Å². The van der Waals surface area contributed by atoms with Gasteiger partial charge >= 0.3 is 0 Å². The number of halogens is 10. The molecule has 2 aliphatic heterocycles. The van der Waals surface area contributed by atoms with Gasteiger partial charge in [0.15, 0.2) is 0 Å². The Morgan fingerprint density at radius 3 is 1.36 bits per heavy atom. The van der Waals surface area contributed by atoms with Gasteiger partial charge in [-0.25, -0.2) is 57.4 Å². The maximum absolute atomic E-state index is 13.2. The van der Waals surface area contributed by atoms with E-state index in [9.17, 15) is 24.3 Å². The Morgan fingerprint density at radius 1 is 0.489 bits per heavy atom. The topological polar surface area (TPSA) is 295 Å². The highest BCUT2D eigenvalue weighted by atomic mass is 35.5. The predicted molar refractivity (Wildman–Crippen MR) is 518 cm³/mol. The van der Waals surface area contributed by atoms with Crippen LogP contribution in [0.5, 0.6) is 11.5 Å². The number of nitrogens with zero attached hydrogens (tertiary/aromatic N) is 19. The van der Waals surface area contributed by atoms with Gasteiger partial charge in [-0.1, -0.05) is 245 Å². The highest BCUT2D eigenvalue weighted by Gasteiger charge is 2.48. The highest BCUT2D eigenvalue weighted by Crippen LogP contribution is 2.48. The van der Waals surface area contributed by atoms with Crippen molar-refractivity contribution >= 4 is 111 Å². The van der Waals surface area contributed by atoms with E-state index in [1.54, 1.807) is 127 Å². The molecule has 37 heteroatoms.